The number of halogens is 4. The molecule has 1 N–H and O–H groups in total. The van der Waals surface area contributed by atoms with Crippen molar-refractivity contribution in [3.8, 4) is 0 Å². The summed E-state index contributed by atoms with van der Waals surface area (Å²) in [5.74, 6) is -0.394. The quantitative estimate of drug-likeness (QED) is 0.869. The summed E-state index contributed by atoms with van der Waals surface area (Å²) in [4.78, 5) is 12.0. The van der Waals surface area contributed by atoms with E-state index in [0.717, 1.165) is 17.5 Å². The molecule has 0 aromatic carbocycles. The zero-order valence-electron chi connectivity index (χ0n) is 12.2. The van der Waals surface area contributed by atoms with Crippen molar-refractivity contribution >= 4 is 21.8 Å². The molecule has 1 saturated heterocycles. The summed E-state index contributed by atoms with van der Waals surface area (Å²) >= 11 is 2.88. The lowest BCUT2D eigenvalue weighted by Crippen LogP contribution is -2.42. The Morgan fingerprint density at radius 3 is 2.77 bits per heavy atom. The highest BCUT2D eigenvalue weighted by molar-refractivity contribution is 9.10. The number of aromatic nitrogens is 2. The van der Waals surface area contributed by atoms with Crippen molar-refractivity contribution in [3.05, 3.63) is 15.9 Å². The van der Waals surface area contributed by atoms with Crippen molar-refractivity contribution in [1.29, 1.82) is 0 Å². The van der Waals surface area contributed by atoms with Gasteiger partial charge in [0.15, 0.2) is 5.69 Å². The van der Waals surface area contributed by atoms with E-state index in [1.807, 2.05) is 6.92 Å². The Hall–Kier alpha value is -1.09. The highest BCUT2D eigenvalue weighted by Gasteiger charge is 2.38. The van der Waals surface area contributed by atoms with E-state index in [2.05, 4.69) is 26.3 Å². The van der Waals surface area contributed by atoms with Crippen molar-refractivity contribution in [1.82, 2.24) is 15.1 Å². The molecule has 0 saturated carbocycles. The Morgan fingerprint density at radius 2 is 2.27 bits per heavy atom. The maximum absolute atomic E-state index is 12.8. The summed E-state index contributed by atoms with van der Waals surface area (Å²) in [6.07, 6.45) is -2.78. The zero-order chi connectivity index (χ0) is 16.5. The molecule has 0 bridgehead atoms. The topological polar surface area (TPSA) is 56.2 Å². The van der Waals surface area contributed by atoms with Gasteiger partial charge in [-0.2, -0.15) is 18.3 Å². The lowest BCUT2D eigenvalue weighted by molar-refractivity contribution is -0.142. The monoisotopic (exact) mass is 383 g/mol. The molecule has 5 nitrogen and oxygen atoms in total. The summed E-state index contributed by atoms with van der Waals surface area (Å²) in [7, 11) is 0. The smallest absolute Gasteiger partial charge is 0.376 e. The fourth-order valence-electron chi connectivity index (χ4n) is 2.38. The van der Waals surface area contributed by atoms with Gasteiger partial charge in [0.25, 0.3) is 0 Å². The number of nitrogens with zero attached hydrogens (tertiary/aromatic N) is 2. The van der Waals surface area contributed by atoms with Crippen LogP contribution >= 0.6 is 15.9 Å². The van der Waals surface area contributed by atoms with Gasteiger partial charge in [-0.3, -0.25) is 9.48 Å². The van der Waals surface area contributed by atoms with Crippen LogP contribution in [0.25, 0.3) is 0 Å². The van der Waals surface area contributed by atoms with Gasteiger partial charge in [-0.1, -0.05) is 0 Å². The Morgan fingerprint density at radius 1 is 1.59 bits per heavy atom. The van der Waals surface area contributed by atoms with E-state index in [4.69, 9.17) is 4.74 Å². The molecule has 22 heavy (non-hydrogen) atoms. The minimum Gasteiger partial charge on any atom is -0.376 e. The van der Waals surface area contributed by atoms with Crippen molar-refractivity contribution in [3.63, 3.8) is 0 Å². The number of hydrogen-bond donors (Lipinski definition) is 1. The van der Waals surface area contributed by atoms with Crippen LogP contribution in [0.4, 0.5) is 13.2 Å². The largest absolute Gasteiger partial charge is 0.436 e. The number of ether oxygens (including phenoxy) is 1. The minimum absolute atomic E-state index is 0.0415. The molecule has 2 heterocycles. The summed E-state index contributed by atoms with van der Waals surface area (Å²) in [6, 6.07) is -0.184. The van der Waals surface area contributed by atoms with Crippen LogP contribution in [0.15, 0.2) is 4.47 Å². The second-order valence-electron chi connectivity index (χ2n) is 5.31. The molecule has 2 atom stereocenters. The molecule has 0 aliphatic carbocycles. The Labute approximate surface area is 134 Å². The van der Waals surface area contributed by atoms with E-state index >= 15 is 0 Å². The standard InChI is InChI=1S/C13H17BrF3N3O2/c1-7(9-4-3-5-22-9)18-10(21)6-20-8(2)11(14)12(19-20)13(15,16)17/h7,9H,3-6H2,1-2H3,(H,18,21)/t7-,9+/m1/s1. The Bertz CT molecular complexity index is 553. The molecular weight excluding hydrogens is 367 g/mol. The maximum atomic E-state index is 12.8. The average Bonchev–Trinajstić information content (AvgIpc) is 3.02. The molecule has 1 aromatic heterocycles. The summed E-state index contributed by atoms with van der Waals surface area (Å²) in [5.41, 5.74) is -0.766. The van der Waals surface area contributed by atoms with Crippen molar-refractivity contribution in [2.75, 3.05) is 6.61 Å². The van der Waals surface area contributed by atoms with Crippen molar-refractivity contribution in [2.24, 2.45) is 0 Å². The molecule has 124 valence electrons. The molecule has 2 rings (SSSR count). The zero-order valence-corrected chi connectivity index (χ0v) is 13.8. The number of nitrogens with one attached hydrogen (secondary N) is 1. The lowest BCUT2D eigenvalue weighted by atomic mass is 10.1. The van der Waals surface area contributed by atoms with Crippen molar-refractivity contribution in [2.45, 2.75) is 51.6 Å². The number of amides is 1. The van der Waals surface area contributed by atoms with Gasteiger partial charge in [0.1, 0.15) is 6.54 Å². The van der Waals surface area contributed by atoms with Gasteiger partial charge >= 0.3 is 6.18 Å². The molecular formula is C13H17BrF3N3O2. The highest BCUT2D eigenvalue weighted by Crippen LogP contribution is 2.35. The minimum atomic E-state index is -4.56. The van der Waals surface area contributed by atoms with Crippen LogP contribution in [0.1, 0.15) is 31.2 Å². The second kappa shape index (κ2) is 6.57. The SMILES string of the molecule is Cc1c(Br)c(C(F)(F)F)nn1CC(=O)N[C@H](C)[C@@H]1CCCO1. The molecule has 1 aliphatic rings. The molecule has 1 amide bonds. The first-order valence-corrected chi connectivity index (χ1v) is 7.70. The Balaban J connectivity index is 2.02. The van der Waals surface area contributed by atoms with E-state index in [-0.39, 0.29) is 28.9 Å². The second-order valence-corrected chi connectivity index (χ2v) is 6.10. The van der Waals surface area contributed by atoms with Crippen LogP contribution in [0.3, 0.4) is 0 Å². The van der Waals surface area contributed by atoms with Gasteiger partial charge in [-0.15, -0.1) is 0 Å². The predicted octanol–water partition coefficient (Wildman–Crippen LogP) is 2.66. The predicted molar refractivity (Wildman–Crippen MR) is 76.2 cm³/mol. The number of alkyl halides is 3. The van der Waals surface area contributed by atoms with Crippen LogP contribution in [-0.4, -0.2) is 34.4 Å². The van der Waals surface area contributed by atoms with Gasteiger partial charge in [0.2, 0.25) is 5.91 Å². The number of carbonyl (C=O) groups is 1. The first-order chi connectivity index (χ1) is 10.2. The molecule has 0 spiro atoms. The Kier molecular flexibility index (Phi) is 5.16. The van der Waals surface area contributed by atoms with Crippen LogP contribution < -0.4 is 5.32 Å². The normalized spacial score (nSPS) is 20.2. The van der Waals surface area contributed by atoms with Crippen LogP contribution in [-0.2, 0) is 22.3 Å². The van der Waals surface area contributed by atoms with Gasteiger partial charge in [0, 0.05) is 6.61 Å². The third-order valence-electron chi connectivity index (χ3n) is 3.61. The molecule has 1 aliphatic heterocycles. The van der Waals surface area contributed by atoms with E-state index in [1.54, 1.807) is 0 Å². The summed E-state index contributed by atoms with van der Waals surface area (Å²) in [5, 5.41) is 6.22. The van der Waals surface area contributed by atoms with Gasteiger partial charge in [-0.25, -0.2) is 0 Å². The van der Waals surface area contributed by atoms with E-state index in [9.17, 15) is 18.0 Å². The fraction of sp³-hybridized carbons (Fsp3) is 0.692. The molecule has 1 fully saturated rings. The van der Waals surface area contributed by atoms with Gasteiger partial charge < -0.3 is 10.1 Å². The van der Waals surface area contributed by atoms with E-state index in [1.165, 1.54) is 6.92 Å². The van der Waals surface area contributed by atoms with Crippen LogP contribution in [0.5, 0.6) is 0 Å². The van der Waals surface area contributed by atoms with E-state index < -0.39 is 17.8 Å². The fourth-order valence-corrected chi connectivity index (χ4v) is 2.89. The van der Waals surface area contributed by atoms with Crippen molar-refractivity contribution < 1.29 is 22.7 Å². The molecule has 0 radical (unpaired) electrons. The third kappa shape index (κ3) is 3.81. The summed E-state index contributed by atoms with van der Waals surface area (Å²) < 4.78 is 44.7. The lowest BCUT2D eigenvalue weighted by Gasteiger charge is -2.20. The van der Waals surface area contributed by atoms with Gasteiger partial charge in [-0.05, 0) is 42.6 Å². The third-order valence-corrected chi connectivity index (χ3v) is 4.56. The molecule has 9 heteroatoms. The first kappa shape index (κ1) is 17.3. The van der Waals surface area contributed by atoms with E-state index in [0.29, 0.717) is 6.61 Å². The van der Waals surface area contributed by atoms with Crippen LogP contribution in [0.2, 0.25) is 0 Å². The average molecular weight is 384 g/mol. The number of hydrogen-bond acceptors (Lipinski definition) is 3. The molecule has 0 unspecified atom stereocenters. The highest BCUT2D eigenvalue weighted by atomic mass is 79.9. The number of carbonyl (C=O) groups excluding carboxylic acids is 1. The number of rotatable bonds is 4. The maximum Gasteiger partial charge on any atom is 0.436 e. The first-order valence-electron chi connectivity index (χ1n) is 6.91. The molecule has 1 aromatic rings. The van der Waals surface area contributed by atoms with Crippen LogP contribution in [0, 0.1) is 6.92 Å². The van der Waals surface area contributed by atoms with Gasteiger partial charge in [0.05, 0.1) is 22.3 Å². The summed E-state index contributed by atoms with van der Waals surface area (Å²) in [6.45, 7) is 3.70.